The number of carbonyl (C=O) groups excluding carboxylic acids is 1. The van der Waals surface area contributed by atoms with Gasteiger partial charge < -0.3 is 10.2 Å². The lowest BCUT2D eigenvalue weighted by molar-refractivity contribution is -0.348. The van der Waals surface area contributed by atoms with E-state index >= 15 is 0 Å². The molecule has 45 heavy (non-hydrogen) atoms. The molecule has 3 aromatic rings. The fourth-order valence-corrected chi connectivity index (χ4v) is 8.62. The summed E-state index contributed by atoms with van der Waals surface area (Å²) < 4.78 is 137. The van der Waals surface area contributed by atoms with E-state index in [-0.39, 0.29) is 35.1 Å². The van der Waals surface area contributed by atoms with Gasteiger partial charge in [0.25, 0.3) is 0 Å². The largest absolute Gasteiger partial charge is 0.435 e. The Labute approximate surface area is 252 Å². The molecule has 1 N–H and O–H groups in total. The molecule has 2 aliphatic rings. The number of rotatable bonds is 6. The first-order chi connectivity index (χ1) is 20.9. The topological polar surface area (TPSA) is 90.3 Å². The first kappa shape index (κ1) is 32.2. The van der Waals surface area contributed by atoms with Crippen molar-refractivity contribution < 1.29 is 48.3 Å². The molecule has 1 saturated heterocycles. The Bertz CT molecular complexity index is 1770. The van der Waals surface area contributed by atoms with Crippen LogP contribution in [0.3, 0.4) is 0 Å². The van der Waals surface area contributed by atoms with E-state index in [0.29, 0.717) is 17.3 Å². The number of halogens is 8. The van der Waals surface area contributed by atoms with E-state index in [9.17, 15) is 48.3 Å². The summed E-state index contributed by atoms with van der Waals surface area (Å²) in [7, 11) is -4.58. The molecule has 1 heterocycles. The van der Waals surface area contributed by atoms with Gasteiger partial charge in [0.15, 0.2) is 9.84 Å². The normalized spacial score (nSPS) is 20.7. The van der Waals surface area contributed by atoms with Crippen LogP contribution < -0.4 is 5.32 Å². The van der Waals surface area contributed by atoms with Crippen LogP contribution in [-0.2, 0) is 31.5 Å². The Morgan fingerprint density at radius 3 is 2.13 bits per heavy atom. The molecule has 3 aromatic carbocycles. The number of hydrogen-bond acceptors (Lipinski definition) is 5. The van der Waals surface area contributed by atoms with Crippen LogP contribution in [0.2, 0.25) is 0 Å². The lowest BCUT2D eigenvalue weighted by Crippen LogP contribution is -2.50. The minimum absolute atomic E-state index is 0.150. The van der Waals surface area contributed by atoms with Gasteiger partial charge in [0.05, 0.1) is 22.6 Å². The van der Waals surface area contributed by atoms with E-state index in [1.54, 1.807) is 0 Å². The van der Waals surface area contributed by atoms with Crippen molar-refractivity contribution in [3.8, 4) is 6.07 Å². The zero-order valence-electron chi connectivity index (χ0n) is 23.2. The molecule has 3 atom stereocenters. The maximum absolute atomic E-state index is 15.0. The number of sulfone groups is 1. The molecule has 0 spiro atoms. The van der Waals surface area contributed by atoms with E-state index in [2.05, 4.69) is 5.32 Å². The number of amides is 1. The summed E-state index contributed by atoms with van der Waals surface area (Å²) in [5.74, 6) is -1.39. The minimum Gasteiger partial charge on any atom is -0.374 e. The number of nitrogens with one attached hydrogen (secondary N) is 1. The molecule has 0 radical (unpaired) electrons. The molecule has 1 fully saturated rings. The zero-order chi connectivity index (χ0) is 33.2. The summed E-state index contributed by atoms with van der Waals surface area (Å²) >= 11 is 0. The fraction of sp³-hybridized carbons (Fsp3) is 0.333. The number of nitrogens with zero attached hydrogens (tertiary/aromatic N) is 2. The molecule has 3 unspecified atom stereocenters. The SMILES string of the molecule is CC(Nc1ccc(C#N)cc1)C(=O)N1CCC2(S(=O)(=O)c3ccc(F)cc3)c3ccc(C(F)(C(F)(F)F)C(F)(F)F)cc3CC12. The highest BCUT2D eigenvalue weighted by atomic mass is 32.2. The molecular weight excluding hydrogens is 634 g/mol. The molecule has 15 heteroatoms. The summed E-state index contributed by atoms with van der Waals surface area (Å²) in [5.41, 5.74) is -7.20. The highest BCUT2D eigenvalue weighted by molar-refractivity contribution is 7.92. The highest BCUT2D eigenvalue weighted by Gasteiger charge is 2.74. The van der Waals surface area contributed by atoms with Gasteiger partial charge in [-0.2, -0.15) is 31.6 Å². The minimum atomic E-state index is -6.39. The van der Waals surface area contributed by atoms with Crippen LogP contribution in [0.4, 0.5) is 40.8 Å². The summed E-state index contributed by atoms with van der Waals surface area (Å²) in [5, 5.41) is 11.9. The summed E-state index contributed by atoms with van der Waals surface area (Å²) in [6.07, 6.45) is -13.6. The second kappa shape index (κ2) is 10.7. The smallest absolute Gasteiger partial charge is 0.374 e. The maximum Gasteiger partial charge on any atom is 0.435 e. The first-order valence-electron chi connectivity index (χ1n) is 13.4. The van der Waals surface area contributed by atoms with Crippen LogP contribution in [0.5, 0.6) is 0 Å². The van der Waals surface area contributed by atoms with Gasteiger partial charge in [-0.25, -0.2) is 17.2 Å². The van der Waals surface area contributed by atoms with Gasteiger partial charge in [-0.3, -0.25) is 4.79 Å². The third-order valence-corrected chi connectivity index (χ3v) is 11.0. The lowest BCUT2D eigenvalue weighted by atomic mass is 9.90. The quantitative estimate of drug-likeness (QED) is 0.248. The van der Waals surface area contributed by atoms with Crippen LogP contribution >= 0.6 is 0 Å². The van der Waals surface area contributed by atoms with E-state index < -0.39 is 68.4 Å². The second-order valence-corrected chi connectivity index (χ2v) is 13.1. The van der Waals surface area contributed by atoms with Crippen molar-refractivity contribution in [3.05, 3.63) is 94.8 Å². The molecule has 1 aliphatic carbocycles. The Kier molecular flexibility index (Phi) is 7.67. The number of benzene rings is 3. The highest BCUT2D eigenvalue weighted by Crippen LogP contribution is 2.57. The van der Waals surface area contributed by atoms with Crippen molar-refractivity contribution in [2.45, 2.75) is 59.5 Å². The van der Waals surface area contributed by atoms with Crippen molar-refractivity contribution in [2.75, 3.05) is 11.9 Å². The Balaban J connectivity index is 1.60. The van der Waals surface area contributed by atoms with E-state index in [0.717, 1.165) is 30.3 Å². The van der Waals surface area contributed by atoms with Gasteiger partial charge >= 0.3 is 18.0 Å². The summed E-state index contributed by atoms with van der Waals surface area (Å²) in [6, 6.07) is 10.8. The number of nitriles is 1. The molecule has 238 valence electrons. The van der Waals surface area contributed by atoms with Crippen LogP contribution in [-0.4, -0.2) is 50.2 Å². The molecular formula is C30H23F8N3O3S. The van der Waals surface area contributed by atoms with Gasteiger partial charge in [0.1, 0.15) is 16.6 Å². The monoisotopic (exact) mass is 657 g/mol. The maximum atomic E-state index is 15.0. The molecule has 0 saturated carbocycles. The first-order valence-corrected chi connectivity index (χ1v) is 14.9. The number of alkyl halides is 7. The van der Waals surface area contributed by atoms with Crippen molar-refractivity contribution in [1.82, 2.24) is 4.90 Å². The van der Waals surface area contributed by atoms with Gasteiger partial charge in [0.2, 0.25) is 5.91 Å². The van der Waals surface area contributed by atoms with E-state index in [1.165, 1.54) is 36.1 Å². The van der Waals surface area contributed by atoms with Crippen LogP contribution in [0.15, 0.2) is 71.6 Å². The second-order valence-electron chi connectivity index (χ2n) is 10.9. The molecule has 1 aliphatic heterocycles. The predicted molar refractivity (Wildman–Crippen MR) is 145 cm³/mol. The molecule has 0 bridgehead atoms. The van der Waals surface area contributed by atoms with Crippen LogP contribution in [0.25, 0.3) is 0 Å². The van der Waals surface area contributed by atoms with Gasteiger partial charge in [-0.1, -0.05) is 18.2 Å². The average molecular weight is 658 g/mol. The molecule has 6 nitrogen and oxygen atoms in total. The number of carbonyl (C=O) groups is 1. The van der Waals surface area contributed by atoms with Gasteiger partial charge in [-0.15, -0.1) is 0 Å². The van der Waals surface area contributed by atoms with Gasteiger partial charge in [0, 0.05) is 17.8 Å². The fourth-order valence-electron chi connectivity index (χ4n) is 6.28. The van der Waals surface area contributed by atoms with E-state index in [4.69, 9.17) is 5.26 Å². The number of likely N-dealkylation sites (tertiary alicyclic amines) is 1. The summed E-state index contributed by atoms with van der Waals surface area (Å²) in [4.78, 5) is 14.5. The van der Waals surface area contributed by atoms with Gasteiger partial charge in [-0.05, 0) is 79.4 Å². The van der Waals surface area contributed by atoms with Crippen molar-refractivity contribution in [2.24, 2.45) is 0 Å². The molecule has 0 aromatic heterocycles. The third kappa shape index (κ3) is 4.90. The Morgan fingerprint density at radius 1 is 0.978 bits per heavy atom. The molecule has 5 rings (SSSR count). The number of anilines is 1. The lowest BCUT2D eigenvalue weighted by Gasteiger charge is -2.34. The zero-order valence-corrected chi connectivity index (χ0v) is 24.0. The van der Waals surface area contributed by atoms with Crippen molar-refractivity contribution >= 4 is 21.4 Å². The average Bonchev–Trinajstić information content (AvgIpc) is 3.51. The third-order valence-electron chi connectivity index (χ3n) is 8.45. The van der Waals surface area contributed by atoms with Crippen LogP contribution in [0.1, 0.15) is 35.6 Å². The predicted octanol–water partition coefficient (Wildman–Crippen LogP) is 6.31. The van der Waals surface area contributed by atoms with E-state index in [1.807, 2.05) is 6.07 Å². The van der Waals surface area contributed by atoms with Crippen LogP contribution in [0, 0.1) is 17.1 Å². The Hall–Kier alpha value is -4.19. The standard InChI is InChI=1S/C30H23F8N3O3S/c1-17(40-22-7-2-18(16-39)3-8-22)26(42)41-13-12-27(45(43,44)23-9-5-21(31)6-10-23)24-11-4-20(14-19(24)15-25(27)41)28(32,29(33,34)35)30(36,37)38/h2-11,14,17,25,40H,12-13,15H2,1H3. The number of hydrogen-bond donors (Lipinski definition) is 1. The Morgan fingerprint density at radius 2 is 1.58 bits per heavy atom. The van der Waals surface area contributed by atoms with Crippen molar-refractivity contribution in [1.29, 1.82) is 5.26 Å². The number of fused-ring (bicyclic) bond motifs is 3. The summed E-state index contributed by atoms with van der Waals surface area (Å²) in [6.45, 7) is 1.32. The van der Waals surface area contributed by atoms with Crippen molar-refractivity contribution in [3.63, 3.8) is 0 Å². The molecule has 1 amide bonds.